The molecule has 4 rings (SSSR count). The fourth-order valence-electron chi connectivity index (χ4n) is 4.88. The van der Waals surface area contributed by atoms with Gasteiger partial charge in [0.05, 0.1) is 0 Å². The molecular formula is C23H30N2O. The van der Waals surface area contributed by atoms with Crippen LogP contribution in [0.1, 0.15) is 61.1 Å². The summed E-state index contributed by atoms with van der Waals surface area (Å²) in [7, 11) is 0. The summed E-state index contributed by atoms with van der Waals surface area (Å²) in [5.74, 6) is 1.71. The maximum Gasteiger partial charge on any atom is 0.115 e. The smallest absolute Gasteiger partial charge is 0.115 e. The van der Waals surface area contributed by atoms with E-state index in [-0.39, 0.29) is 0 Å². The maximum atomic E-state index is 9.88. The van der Waals surface area contributed by atoms with Crippen molar-refractivity contribution in [2.75, 3.05) is 6.54 Å². The number of aromatic nitrogens is 1. The lowest BCUT2D eigenvalue weighted by Crippen LogP contribution is -2.41. The van der Waals surface area contributed by atoms with Crippen molar-refractivity contribution in [3.8, 4) is 5.75 Å². The highest BCUT2D eigenvalue weighted by Crippen LogP contribution is 2.36. The normalized spacial score (nSPS) is 23.5. The van der Waals surface area contributed by atoms with Gasteiger partial charge in [0.1, 0.15) is 5.75 Å². The number of nitrogens with zero attached hydrogens (tertiary/aromatic N) is 1. The van der Waals surface area contributed by atoms with E-state index in [2.05, 4.69) is 28.5 Å². The van der Waals surface area contributed by atoms with Crippen LogP contribution in [0.4, 0.5) is 0 Å². The second kappa shape index (κ2) is 8.22. The first-order valence-electron chi connectivity index (χ1n) is 10.2. The molecule has 0 amide bonds. The summed E-state index contributed by atoms with van der Waals surface area (Å²) in [6, 6.07) is 10.7. The second-order valence-electron chi connectivity index (χ2n) is 8.11. The molecule has 0 aliphatic heterocycles. The highest BCUT2D eigenvalue weighted by Gasteiger charge is 2.30. The lowest BCUT2D eigenvalue weighted by molar-refractivity contribution is 0.301. The van der Waals surface area contributed by atoms with E-state index in [0.29, 0.717) is 17.7 Å². The summed E-state index contributed by atoms with van der Waals surface area (Å²) in [5.41, 5.74) is 4.07. The predicted octanol–water partition coefficient (Wildman–Crippen LogP) is 4.60. The van der Waals surface area contributed by atoms with Gasteiger partial charge in [-0.3, -0.25) is 4.98 Å². The zero-order valence-corrected chi connectivity index (χ0v) is 15.5. The Bertz CT molecular complexity index is 709. The van der Waals surface area contributed by atoms with E-state index >= 15 is 0 Å². The molecule has 1 aromatic heterocycles. The van der Waals surface area contributed by atoms with E-state index in [1.54, 1.807) is 0 Å². The number of hydrogen-bond acceptors (Lipinski definition) is 3. The quantitative estimate of drug-likeness (QED) is 0.828. The van der Waals surface area contributed by atoms with Gasteiger partial charge in [0.15, 0.2) is 0 Å². The number of aromatic hydroxyl groups is 1. The highest BCUT2D eigenvalue weighted by molar-refractivity contribution is 5.40. The molecule has 2 aromatic rings. The van der Waals surface area contributed by atoms with Crippen LogP contribution in [0, 0.1) is 5.92 Å². The molecule has 2 aliphatic rings. The minimum absolute atomic E-state index is 0.389. The van der Waals surface area contributed by atoms with E-state index in [1.807, 2.05) is 24.5 Å². The topological polar surface area (TPSA) is 45.1 Å². The zero-order valence-electron chi connectivity index (χ0n) is 15.5. The van der Waals surface area contributed by atoms with Crippen molar-refractivity contribution < 1.29 is 5.11 Å². The van der Waals surface area contributed by atoms with Gasteiger partial charge in [-0.05, 0) is 85.5 Å². The summed E-state index contributed by atoms with van der Waals surface area (Å²) >= 11 is 0. The van der Waals surface area contributed by atoms with E-state index in [4.69, 9.17) is 0 Å². The number of nitrogens with one attached hydrogen (secondary N) is 1. The van der Waals surface area contributed by atoms with Crippen molar-refractivity contribution in [2.24, 2.45) is 5.92 Å². The van der Waals surface area contributed by atoms with Crippen molar-refractivity contribution in [3.63, 3.8) is 0 Å². The molecule has 1 heterocycles. The fraction of sp³-hybridized carbons (Fsp3) is 0.522. The largest absolute Gasteiger partial charge is 0.508 e. The molecule has 26 heavy (non-hydrogen) atoms. The first-order valence-corrected chi connectivity index (χ1v) is 10.2. The summed E-state index contributed by atoms with van der Waals surface area (Å²) < 4.78 is 0. The first kappa shape index (κ1) is 17.5. The fourth-order valence-corrected chi connectivity index (χ4v) is 4.88. The number of pyridine rings is 1. The molecular weight excluding hydrogens is 320 g/mol. The molecule has 1 aromatic carbocycles. The highest BCUT2D eigenvalue weighted by atomic mass is 16.3. The van der Waals surface area contributed by atoms with Gasteiger partial charge >= 0.3 is 0 Å². The van der Waals surface area contributed by atoms with Crippen LogP contribution >= 0.6 is 0 Å². The van der Waals surface area contributed by atoms with E-state index < -0.39 is 0 Å². The van der Waals surface area contributed by atoms with Crippen molar-refractivity contribution in [1.82, 2.24) is 10.3 Å². The predicted molar refractivity (Wildman–Crippen MR) is 105 cm³/mol. The minimum atomic E-state index is 0.389. The molecule has 3 nitrogen and oxygen atoms in total. The molecule has 0 bridgehead atoms. The van der Waals surface area contributed by atoms with Crippen LogP contribution in [0.25, 0.3) is 0 Å². The van der Waals surface area contributed by atoms with Crippen LogP contribution in [0.15, 0.2) is 42.7 Å². The van der Waals surface area contributed by atoms with Crippen molar-refractivity contribution in [2.45, 2.75) is 63.3 Å². The second-order valence-corrected chi connectivity index (χ2v) is 8.11. The SMILES string of the molecule is Oc1ccc2c(c1)CCC(NCC1CCCCC1)C2Cc1ccncc1. The van der Waals surface area contributed by atoms with Gasteiger partial charge in [0, 0.05) is 24.4 Å². The Labute approximate surface area is 156 Å². The Morgan fingerprint density at radius 2 is 1.81 bits per heavy atom. The van der Waals surface area contributed by atoms with Crippen molar-refractivity contribution >= 4 is 0 Å². The average molecular weight is 351 g/mol. The standard InChI is InChI=1S/C23H30N2O/c26-20-7-8-21-19(15-20)6-9-23(25-16-18-4-2-1-3-5-18)22(21)14-17-10-12-24-13-11-17/h7-8,10-13,15,18,22-23,25-26H,1-6,9,14,16H2. The van der Waals surface area contributed by atoms with Gasteiger partial charge in [-0.25, -0.2) is 0 Å². The number of benzene rings is 1. The molecule has 138 valence electrons. The number of phenolic OH excluding ortho intramolecular Hbond substituents is 1. The van der Waals surface area contributed by atoms with Crippen LogP contribution in [0.2, 0.25) is 0 Å². The Morgan fingerprint density at radius 1 is 1.00 bits per heavy atom. The molecule has 0 radical (unpaired) electrons. The zero-order chi connectivity index (χ0) is 17.8. The third-order valence-corrected chi connectivity index (χ3v) is 6.33. The van der Waals surface area contributed by atoms with E-state index in [9.17, 15) is 5.11 Å². The van der Waals surface area contributed by atoms with Crippen LogP contribution in [-0.4, -0.2) is 22.7 Å². The van der Waals surface area contributed by atoms with Gasteiger partial charge in [-0.15, -0.1) is 0 Å². The van der Waals surface area contributed by atoms with Crippen LogP contribution in [-0.2, 0) is 12.8 Å². The number of fused-ring (bicyclic) bond motifs is 1. The Balaban J connectivity index is 1.52. The summed E-state index contributed by atoms with van der Waals surface area (Å²) in [6.07, 6.45) is 14.0. The number of aryl methyl sites for hydroxylation is 1. The molecule has 1 fully saturated rings. The summed E-state index contributed by atoms with van der Waals surface area (Å²) in [6.45, 7) is 1.16. The van der Waals surface area contributed by atoms with E-state index in [1.165, 1.54) is 48.8 Å². The Kier molecular flexibility index (Phi) is 5.54. The van der Waals surface area contributed by atoms with Crippen molar-refractivity contribution in [1.29, 1.82) is 0 Å². The Morgan fingerprint density at radius 3 is 2.62 bits per heavy atom. The lowest BCUT2D eigenvalue weighted by atomic mass is 9.76. The number of rotatable bonds is 5. The number of hydrogen-bond donors (Lipinski definition) is 2. The van der Waals surface area contributed by atoms with Gasteiger partial charge < -0.3 is 10.4 Å². The van der Waals surface area contributed by atoms with E-state index in [0.717, 1.165) is 31.7 Å². The summed E-state index contributed by atoms with van der Waals surface area (Å²) in [5, 5.41) is 13.8. The maximum absolute atomic E-state index is 9.88. The Hall–Kier alpha value is -1.87. The number of phenols is 1. The van der Waals surface area contributed by atoms with Crippen LogP contribution in [0.5, 0.6) is 5.75 Å². The van der Waals surface area contributed by atoms with Crippen molar-refractivity contribution in [3.05, 3.63) is 59.4 Å². The first-order chi connectivity index (χ1) is 12.8. The molecule has 2 aliphatic carbocycles. The minimum Gasteiger partial charge on any atom is -0.508 e. The van der Waals surface area contributed by atoms with Crippen LogP contribution < -0.4 is 5.32 Å². The monoisotopic (exact) mass is 350 g/mol. The van der Waals surface area contributed by atoms with Crippen LogP contribution in [0.3, 0.4) is 0 Å². The van der Waals surface area contributed by atoms with Gasteiger partial charge in [0.2, 0.25) is 0 Å². The van der Waals surface area contributed by atoms with Gasteiger partial charge in [-0.2, -0.15) is 0 Å². The molecule has 0 spiro atoms. The molecule has 3 heteroatoms. The third kappa shape index (κ3) is 4.09. The third-order valence-electron chi connectivity index (χ3n) is 6.33. The van der Waals surface area contributed by atoms with Gasteiger partial charge in [-0.1, -0.05) is 25.3 Å². The average Bonchev–Trinajstić information content (AvgIpc) is 2.69. The molecule has 1 saturated carbocycles. The lowest BCUT2D eigenvalue weighted by Gasteiger charge is -2.36. The molecule has 0 saturated heterocycles. The van der Waals surface area contributed by atoms with Gasteiger partial charge in [0.25, 0.3) is 0 Å². The molecule has 2 N–H and O–H groups in total. The molecule has 2 unspecified atom stereocenters. The molecule has 2 atom stereocenters. The summed E-state index contributed by atoms with van der Waals surface area (Å²) in [4.78, 5) is 4.16.